The van der Waals surface area contributed by atoms with Crippen molar-refractivity contribution in [3.05, 3.63) is 257 Å². The Kier molecular flexibility index (Phi) is 11.2. The van der Waals surface area contributed by atoms with E-state index in [4.69, 9.17) is 4.74 Å². The highest BCUT2D eigenvalue weighted by Crippen LogP contribution is 2.58. The van der Waals surface area contributed by atoms with Gasteiger partial charge in [0.15, 0.2) is 0 Å². The lowest BCUT2D eigenvalue weighted by molar-refractivity contribution is 0.407. The third-order valence-electron chi connectivity index (χ3n) is 15.2. The van der Waals surface area contributed by atoms with E-state index in [-0.39, 0.29) is 5.41 Å². The average Bonchev–Trinajstić information content (AvgIpc) is 3.79. The van der Waals surface area contributed by atoms with Crippen molar-refractivity contribution in [2.75, 3.05) is 4.90 Å². The molecule has 2 nitrogen and oxygen atoms in total. The third-order valence-corrected chi connectivity index (χ3v) is 15.2. The summed E-state index contributed by atoms with van der Waals surface area (Å²) < 4.78 is 6.61. The van der Waals surface area contributed by atoms with Gasteiger partial charge in [0.25, 0.3) is 0 Å². The smallest absolute Gasteiger partial charge is 0.127 e. The van der Waals surface area contributed by atoms with Gasteiger partial charge in [0.05, 0.1) is 5.41 Å². The Morgan fingerprint density at radius 1 is 0.435 bits per heavy atom. The summed E-state index contributed by atoms with van der Waals surface area (Å²) in [5, 5.41) is 0. The van der Waals surface area contributed by atoms with Gasteiger partial charge in [-0.1, -0.05) is 199 Å². The lowest BCUT2D eigenvalue weighted by Crippen LogP contribution is -2.28. The van der Waals surface area contributed by atoms with Gasteiger partial charge in [-0.3, -0.25) is 0 Å². The molecule has 2 aliphatic rings. The van der Waals surface area contributed by atoms with Crippen molar-refractivity contribution in [3.8, 4) is 44.9 Å². The summed E-state index contributed by atoms with van der Waals surface area (Å²) in [7, 11) is 0. The quantitative estimate of drug-likeness (QED) is 0.121. The van der Waals surface area contributed by atoms with Crippen LogP contribution in [0.2, 0.25) is 0 Å². The molecule has 0 spiro atoms. The average molecular weight is 896 g/mol. The van der Waals surface area contributed by atoms with Crippen LogP contribution < -0.4 is 9.64 Å². The molecule has 0 amide bonds. The number of benzene rings is 9. The molecule has 0 bridgehead atoms. The minimum Gasteiger partial charge on any atom is -0.457 e. The van der Waals surface area contributed by atoms with Gasteiger partial charge >= 0.3 is 0 Å². The lowest BCUT2D eigenvalue weighted by Gasteiger charge is -2.35. The monoisotopic (exact) mass is 895 g/mol. The van der Waals surface area contributed by atoms with Crippen LogP contribution in [0.1, 0.15) is 98.4 Å². The number of ether oxygens (including phenoxy) is 1. The minimum absolute atomic E-state index is 0.144. The maximum atomic E-state index is 6.61. The van der Waals surface area contributed by atoms with Crippen molar-refractivity contribution in [2.45, 2.75) is 71.6 Å². The molecule has 2 heteroatoms. The van der Waals surface area contributed by atoms with Crippen LogP contribution >= 0.6 is 0 Å². The lowest BCUT2D eigenvalue weighted by atomic mass is 9.67. The highest BCUT2D eigenvalue weighted by atomic mass is 16.5. The summed E-state index contributed by atoms with van der Waals surface area (Å²) in [5.41, 5.74) is 20.4. The number of nitrogens with zero attached hydrogens (tertiary/aromatic N) is 1. The van der Waals surface area contributed by atoms with Gasteiger partial charge in [-0.2, -0.15) is 0 Å². The predicted octanol–water partition coefficient (Wildman–Crippen LogP) is 18.4. The van der Waals surface area contributed by atoms with Crippen molar-refractivity contribution in [2.24, 2.45) is 11.8 Å². The number of rotatable bonds is 12. The Hall–Kier alpha value is -7.42. The molecule has 0 N–H and O–H groups in total. The van der Waals surface area contributed by atoms with Gasteiger partial charge in [-0.25, -0.2) is 0 Å². The SMILES string of the molecule is Cc1ccc(C2(c3ccc(Oc4ccc(C(CC(C)C)C(C)C)cc4)cc3)c3ccccc3-c3ccc(N(c4ccc(-c5ccccc5)cc4)c4ccc5c(c4)C(C)(C)c4ccccc4-5)cc32)cc1. The Bertz CT molecular complexity index is 3290. The molecule has 2 unspecified atom stereocenters. The van der Waals surface area contributed by atoms with E-state index in [2.05, 4.69) is 266 Å². The fraction of sp³-hybridized carbons (Fsp3) is 0.194. The minimum atomic E-state index is -0.609. The van der Waals surface area contributed by atoms with Gasteiger partial charge in [0.1, 0.15) is 11.5 Å². The van der Waals surface area contributed by atoms with Crippen LogP contribution in [-0.4, -0.2) is 0 Å². The van der Waals surface area contributed by atoms with E-state index < -0.39 is 5.41 Å². The summed E-state index contributed by atoms with van der Waals surface area (Å²) in [6, 6.07) is 78.8. The molecule has 0 saturated carbocycles. The highest BCUT2D eigenvalue weighted by molar-refractivity contribution is 5.91. The zero-order valence-corrected chi connectivity index (χ0v) is 41.0. The third kappa shape index (κ3) is 7.67. The number of anilines is 3. The Morgan fingerprint density at radius 2 is 0.913 bits per heavy atom. The number of fused-ring (bicyclic) bond motifs is 6. The summed E-state index contributed by atoms with van der Waals surface area (Å²) in [5.74, 6) is 3.42. The van der Waals surface area contributed by atoms with Crippen LogP contribution in [-0.2, 0) is 10.8 Å². The number of aryl methyl sites for hydroxylation is 1. The van der Waals surface area contributed by atoms with Crippen LogP contribution in [0.5, 0.6) is 11.5 Å². The molecule has 69 heavy (non-hydrogen) atoms. The van der Waals surface area contributed by atoms with Crippen LogP contribution in [0.4, 0.5) is 17.1 Å². The first-order chi connectivity index (χ1) is 33.5. The Labute approximate surface area is 409 Å². The normalized spacial score (nSPS) is 15.6. The van der Waals surface area contributed by atoms with Crippen LogP contribution in [0.3, 0.4) is 0 Å². The van der Waals surface area contributed by atoms with Crippen molar-refractivity contribution < 1.29 is 4.74 Å². The van der Waals surface area contributed by atoms with Crippen molar-refractivity contribution in [1.82, 2.24) is 0 Å². The van der Waals surface area contributed by atoms with E-state index in [1.165, 1.54) is 84.3 Å². The van der Waals surface area contributed by atoms with E-state index in [1.807, 2.05) is 0 Å². The first kappa shape index (κ1) is 44.1. The van der Waals surface area contributed by atoms with Crippen molar-refractivity contribution in [3.63, 3.8) is 0 Å². The van der Waals surface area contributed by atoms with Gasteiger partial charge in [0, 0.05) is 22.5 Å². The molecule has 9 aromatic rings. The maximum absolute atomic E-state index is 6.61. The second-order valence-electron chi connectivity index (χ2n) is 20.7. The predicted molar refractivity (Wildman–Crippen MR) is 290 cm³/mol. The molecule has 340 valence electrons. The van der Waals surface area contributed by atoms with E-state index >= 15 is 0 Å². The first-order valence-corrected chi connectivity index (χ1v) is 24.9. The largest absolute Gasteiger partial charge is 0.457 e. The summed E-state index contributed by atoms with van der Waals surface area (Å²) in [6.45, 7) is 16.2. The van der Waals surface area contributed by atoms with E-state index in [9.17, 15) is 0 Å². The molecule has 11 rings (SSSR count). The molecule has 0 aromatic heterocycles. The summed E-state index contributed by atoms with van der Waals surface area (Å²) >= 11 is 0. The van der Waals surface area contributed by atoms with Gasteiger partial charge in [-0.05, 0) is 164 Å². The summed E-state index contributed by atoms with van der Waals surface area (Å²) in [4.78, 5) is 2.46. The fourth-order valence-corrected chi connectivity index (χ4v) is 11.7. The maximum Gasteiger partial charge on any atom is 0.127 e. The van der Waals surface area contributed by atoms with E-state index in [0.29, 0.717) is 17.8 Å². The first-order valence-electron chi connectivity index (χ1n) is 24.9. The zero-order chi connectivity index (χ0) is 47.4. The molecular formula is C67H61NO. The molecule has 2 aliphatic carbocycles. The van der Waals surface area contributed by atoms with Crippen molar-refractivity contribution >= 4 is 17.1 Å². The molecule has 0 aliphatic heterocycles. The van der Waals surface area contributed by atoms with E-state index in [0.717, 1.165) is 28.6 Å². The number of hydrogen-bond acceptors (Lipinski definition) is 2. The molecule has 0 heterocycles. The standard InChI is InChI=1S/C67H61NO/c1-44(2)41-61(45(3)4)49-25-35-55(36-26-49)69-56-37-29-51(30-38-56)67(50-27-21-46(5)22-28-50)63-20-14-12-18-58(63)60-40-34-54(43-65(60)67)68(52-31-23-48(24-32-52)47-15-9-8-10-16-47)53-33-39-59-57-17-11-13-19-62(57)66(6,7)64(59)42-53/h8-40,42-45,61H,41H2,1-7H3. The summed E-state index contributed by atoms with van der Waals surface area (Å²) in [6.07, 6.45) is 1.18. The van der Waals surface area contributed by atoms with Crippen LogP contribution in [0.15, 0.2) is 212 Å². The van der Waals surface area contributed by atoms with Gasteiger partial charge in [0.2, 0.25) is 0 Å². The second kappa shape index (κ2) is 17.6. The van der Waals surface area contributed by atoms with Gasteiger partial charge < -0.3 is 9.64 Å². The Morgan fingerprint density at radius 3 is 1.52 bits per heavy atom. The Balaban J connectivity index is 1.05. The van der Waals surface area contributed by atoms with Crippen LogP contribution in [0, 0.1) is 18.8 Å². The molecular weight excluding hydrogens is 835 g/mol. The molecule has 9 aromatic carbocycles. The topological polar surface area (TPSA) is 12.5 Å². The van der Waals surface area contributed by atoms with Crippen molar-refractivity contribution in [1.29, 1.82) is 0 Å². The number of hydrogen-bond donors (Lipinski definition) is 0. The molecule has 0 radical (unpaired) electrons. The van der Waals surface area contributed by atoms with E-state index in [1.54, 1.807) is 0 Å². The van der Waals surface area contributed by atoms with Gasteiger partial charge in [-0.15, -0.1) is 0 Å². The molecule has 0 saturated heterocycles. The molecule has 2 atom stereocenters. The highest BCUT2D eigenvalue weighted by Gasteiger charge is 2.46. The fourth-order valence-electron chi connectivity index (χ4n) is 11.7. The molecule has 0 fully saturated rings. The second-order valence-corrected chi connectivity index (χ2v) is 20.7. The zero-order valence-electron chi connectivity index (χ0n) is 41.0. The van der Waals surface area contributed by atoms with Crippen LogP contribution in [0.25, 0.3) is 33.4 Å².